The first-order valence-electron chi connectivity index (χ1n) is 13.2. The number of hydrogen-bond acceptors (Lipinski definition) is 13. The molecule has 0 unspecified atom stereocenters. The molecule has 0 saturated carbocycles. The second-order valence-electron chi connectivity index (χ2n) is 11.9. The molecule has 4 aliphatic rings. The predicted molar refractivity (Wildman–Crippen MR) is 128 cm³/mol. The Labute approximate surface area is 224 Å². The van der Waals surface area contributed by atoms with Gasteiger partial charge in [0.25, 0.3) is 0 Å². The fourth-order valence-corrected chi connectivity index (χ4v) is 6.37. The van der Waals surface area contributed by atoms with Crippen LogP contribution in [0.1, 0.15) is 67.3 Å². The molecule has 12 atom stereocenters. The second kappa shape index (κ2) is 10.4. The summed E-state index contributed by atoms with van der Waals surface area (Å²) in [6.07, 6.45) is -8.98. The number of carbonyl (C=O) groups excluding carboxylic acids is 1. The quantitative estimate of drug-likeness (QED) is 0.208. The maximum absolute atomic E-state index is 12.7. The topological polar surface area (TPSA) is 209 Å². The molecule has 0 spiro atoms. The Hall–Kier alpha value is -1.49. The minimum atomic E-state index is -1.90. The van der Waals surface area contributed by atoms with Crippen molar-refractivity contribution in [2.75, 3.05) is 19.8 Å². The van der Waals surface area contributed by atoms with Gasteiger partial charge in [-0.2, -0.15) is 0 Å². The Morgan fingerprint density at radius 3 is 2.46 bits per heavy atom. The van der Waals surface area contributed by atoms with Crippen LogP contribution in [0.15, 0.2) is 10.7 Å². The lowest BCUT2D eigenvalue weighted by Crippen LogP contribution is -2.61. The van der Waals surface area contributed by atoms with E-state index in [0.717, 1.165) is 0 Å². The monoisotopic (exact) mass is 558 g/mol. The van der Waals surface area contributed by atoms with Gasteiger partial charge in [0.05, 0.1) is 37.8 Å². The number of aliphatic hydroxyl groups excluding tert-OH is 6. The summed E-state index contributed by atoms with van der Waals surface area (Å²) < 4.78 is 28.3. The van der Waals surface area contributed by atoms with Crippen molar-refractivity contribution in [1.29, 1.82) is 0 Å². The Morgan fingerprint density at radius 1 is 1.08 bits per heavy atom. The number of Topliss-reactive ketones (excluding diaryl/α,β-unsaturated/α-hetero) is 1. The molecule has 13 heteroatoms. The lowest BCUT2D eigenvalue weighted by molar-refractivity contribution is -0.335. The van der Waals surface area contributed by atoms with Crippen molar-refractivity contribution in [3.05, 3.63) is 23.2 Å². The summed E-state index contributed by atoms with van der Waals surface area (Å²) in [4.78, 5) is 12.7. The summed E-state index contributed by atoms with van der Waals surface area (Å²) in [5.74, 6) is -0.635. The molecule has 7 N–H and O–H groups in total. The summed E-state index contributed by atoms with van der Waals surface area (Å²) in [5, 5.41) is 72.3. The first-order valence-corrected chi connectivity index (χ1v) is 13.2. The normalized spacial score (nSPS) is 44.5. The molecule has 0 radical (unpaired) electrons. The van der Waals surface area contributed by atoms with Crippen molar-refractivity contribution in [2.24, 2.45) is 11.8 Å². The highest BCUT2D eigenvalue weighted by molar-refractivity contribution is 5.98. The molecular weight excluding hydrogens is 520 g/mol. The first-order chi connectivity index (χ1) is 18.3. The Bertz CT molecular complexity index is 1060. The molecule has 2 aliphatic heterocycles. The highest BCUT2D eigenvalue weighted by Crippen LogP contribution is 2.54. The first kappa shape index (κ1) is 29.0. The van der Waals surface area contributed by atoms with Crippen molar-refractivity contribution in [3.8, 4) is 0 Å². The molecular formula is C26H38O13. The van der Waals surface area contributed by atoms with E-state index in [1.54, 1.807) is 13.8 Å². The molecule has 2 fully saturated rings. The van der Waals surface area contributed by atoms with E-state index < -0.39 is 73.6 Å². The standard InChI is InChI=1S/C26H38O13/c1-10-4-11-13(5-14(28)12-6-35-21(16(11)12)17(10)29)25(2,3)39-23-20(32)19(31)18(30)15(38-23)7-36-24-22(33)26(34,8-27)9-37-24/h6,10-11,13-15,18-20,22-24,27-28,30-34H,4-5,7-9H2,1-3H3/t10-,11+,13-,14+,15+,18+,19-,20+,22-,23-,24+,26+/m0/s1. The average molecular weight is 559 g/mol. The van der Waals surface area contributed by atoms with E-state index in [4.69, 9.17) is 23.4 Å². The SMILES string of the molecule is C[C@H]1C[C@H]2c3c(coc3C1=O)[C@H](O)C[C@@H]2C(C)(C)O[C@@H]1O[C@H](CO[C@@H]2OC[C@](O)(CO)[C@H]2O)[C@@H](O)[C@H](O)[C@H]1O. The van der Waals surface area contributed by atoms with Gasteiger partial charge in [0.15, 0.2) is 18.3 Å². The van der Waals surface area contributed by atoms with Gasteiger partial charge in [-0.15, -0.1) is 0 Å². The molecule has 1 aromatic rings. The Kier molecular flexibility index (Phi) is 7.74. The van der Waals surface area contributed by atoms with Crippen LogP contribution in [0.5, 0.6) is 0 Å². The zero-order chi connectivity index (χ0) is 28.4. The molecule has 13 nitrogen and oxygen atoms in total. The third kappa shape index (κ3) is 4.87. The third-order valence-electron chi connectivity index (χ3n) is 8.82. The van der Waals surface area contributed by atoms with E-state index >= 15 is 0 Å². The van der Waals surface area contributed by atoms with Gasteiger partial charge in [-0.1, -0.05) is 6.92 Å². The smallest absolute Gasteiger partial charge is 0.201 e. The molecule has 1 aromatic heterocycles. The van der Waals surface area contributed by atoms with E-state index in [1.807, 2.05) is 6.92 Å². The molecule has 0 amide bonds. The van der Waals surface area contributed by atoms with Gasteiger partial charge >= 0.3 is 0 Å². The van der Waals surface area contributed by atoms with Gasteiger partial charge in [0.2, 0.25) is 5.78 Å². The van der Waals surface area contributed by atoms with Gasteiger partial charge in [0, 0.05) is 17.0 Å². The second-order valence-corrected chi connectivity index (χ2v) is 11.9. The van der Waals surface area contributed by atoms with Gasteiger partial charge in [-0.25, -0.2) is 0 Å². The van der Waals surface area contributed by atoms with Crippen molar-refractivity contribution >= 4 is 5.78 Å². The number of carbonyl (C=O) groups is 1. The average Bonchev–Trinajstić information content (AvgIpc) is 3.47. The van der Waals surface area contributed by atoms with Crippen LogP contribution in [0.25, 0.3) is 0 Å². The van der Waals surface area contributed by atoms with Crippen molar-refractivity contribution in [3.63, 3.8) is 0 Å². The van der Waals surface area contributed by atoms with Crippen LogP contribution in [0.4, 0.5) is 0 Å². The summed E-state index contributed by atoms with van der Waals surface area (Å²) in [7, 11) is 0. The minimum Gasteiger partial charge on any atom is -0.461 e. The number of furan rings is 1. The van der Waals surface area contributed by atoms with E-state index in [2.05, 4.69) is 0 Å². The number of ether oxygens (including phenoxy) is 4. The van der Waals surface area contributed by atoms with Crippen molar-refractivity contribution in [1.82, 2.24) is 0 Å². The fourth-order valence-electron chi connectivity index (χ4n) is 6.37. The molecule has 2 aliphatic carbocycles. The van der Waals surface area contributed by atoms with Crippen LogP contribution in [-0.4, -0.2) is 116 Å². The van der Waals surface area contributed by atoms with Crippen LogP contribution in [-0.2, 0) is 18.9 Å². The summed E-state index contributed by atoms with van der Waals surface area (Å²) in [6.45, 7) is 3.84. The van der Waals surface area contributed by atoms with Crippen LogP contribution < -0.4 is 0 Å². The summed E-state index contributed by atoms with van der Waals surface area (Å²) >= 11 is 0. The van der Waals surface area contributed by atoms with Gasteiger partial charge in [-0.3, -0.25) is 4.79 Å². The highest BCUT2D eigenvalue weighted by Gasteiger charge is 2.53. The molecule has 0 aromatic carbocycles. The van der Waals surface area contributed by atoms with Crippen LogP contribution >= 0.6 is 0 Å². The minimum absolute atomic E-state index is 0.112. The molecule has 220 valence electrons. The number of ketones is 1. The van der Waals surface area contributed by atoms with Crippen LogP contribution in [0.2, 0.25) is 0 Å². The van der Waals surface area contributed by atoms with Gasteiger partial charge in [-0.05, 0) is 38.5 Å². The maximum atomic E-state index is 12.7. The maximum Gasteiger partial charge on any atom is 0.201 e. The lowest BCUT2D eigenvalue weighted by atomic mass is 9.62. The number of aliphatic hydroxyl groups is 7. The van der Waals surface area contributed by atoms with Gasteiger partial charge < -0.3 is 59.1 Å². The fraction of sp³-hybridized carbons (Fsp3) is 0.808. The Morgan fingerprint density at radius 2 is 1.79 bits per heavy atom. The summed E-state index contributed by atoms with van der Waals surface area (Å²) in [5.41, 5.74) is -1.66. The molecule has 2 saturated heterocycles. The number of rotatable bonds is 7. The predicted octanol–water partition coefficient (Wildman–Crippen LogP) is -1.30. The third-order valence-corrected chi connectivity index (χ3v) is 8.82. The molecule has 5 rings (SSSR count). The summed E-state index contributed by atoms with van der Waals surface area (Å²) in [6, 6.07) is 0. The van der Waals surface area contributed by atoms with Crippen LogP contribution in [0.3, 0.4) is 0 Å². The van der Waals surface area contributed by atoms with E-state index in [9.17, 15) is 40.5 Å². The lowest BCUT2D eigenvalue weighted by Gasteiger charge is -2.49. The van der Waals surface area contributed by atoms with Crippen molar-refractivity contribution < 1.29 is 63.9 Å². The van der Waals surface area contributed by atoms with E-state index in [-0.39, 0.29) is 35.9 Å². The highest BCUT2D eigenvalue weighted by atomic mass is 16.7. The molecule has 39 heavy (non-hydrogen) atoms. The van der Waals surface area contributed by atoms with E-state index in [1.165, 1.54) is 6.26 Å². The van der Waals surface area contributed by atoms with Crippen molar-refractivity contribution in [2.45, 2.75) is 99.9 Å². The largest absolute Gasteiger partial charge is 0.461 e. The number of hydrogen-bond donors (Lipinski definition) is 7. The Balaban J connectivity index is 1.31. The van der Waals surface area contributed by atoms with Gasteiger partial charge in [0.1, 0.15) is 36.1 Å². The zero-order valence-corrected chi connectivity index (χ0v) is 22.0. The van der Waals surface area contributed by atoms with E-state index in [0.29, 0.717) is 24.0 Å². The zero-order valence-electron chi connectivity index (χ0n) is 22.0. The molecule has 3 heterocycles. The van der Waals surface area contributed by atoms with Crippen LogP contribution in [0, 0.1) is 11.8 Å². The molecule has 0 bridgehead atoms.